The molecule has 1 aliphatic heterocycles. The van der Waals surface area contributed by atoms with Crippen molar-refractivity contribution in [2.45, 2.75) is 103 Å². The first-order valence-corrected chi connectivity index (χ1v) is 14.6. The smallest absolute Gasteiger partial charge is 0.332 e. The van der Waals surface area contributed by atoms with E-state index in [1.165, 1.54) is 6.08 Å². The van der Waals surface area contributed by atoms with Crippen molar-refractivity contribution in [2.75, 3.05) is 19.8 Å². The van der Waals surface area contributed by atoms with Crippen LogP contribution in [0.3, 0.4) is 0 Å². The Balaban J connectivity index is 1.38. The van der Waals surface area contributed by atoms with Crippen molar-refractivity contribution in [3.05, 3.63) is 23.8 Å². The predicted molar refractivity (Wildman–Crippen MR) is 145 cm³/mol. The van der Waals surface area contributed by atoms with Gasteiger partial charge in [0, 0.05) is 23.2 Å². The third kappa shape index (κ3) is 4.50. The third-order valence-electron chi connectivity index (χ3n) is 10.2. The van der Waals surface area contributed by atoms with E-state index < -0.39 is 89.5 Å². The molecule has 2 saturated carbocycles. The molecule has 5 aliphatic rings. The fourth-order valence-electron chi connectivity index (χ4n) is 8.52. The number of fused-ring (bicyclic) bond motifs is 7. The van der Waals surface area contributed by atoms with Crippen molar-refractivity contribution >= 4 is 23.5 Å². The quantitative estimate of drug-likeness (QED) is 0.331. The van der Waals surface area contributed by atoms with E-state index in [1.807, 2.05) is 13.0 Å². The minimum Gasteiger partial charge on any atom is -0.461 e. The Morgan fingerprint density at radius 2 is 1.79 bits per heavy atom. The van der Waals surface area contributed by atoms with E-state index in [1.54, 1.807) is 40.7 Å². The Kier molecular flexibility index (Phi) is 7.61. The molecule has 3 fully saturated rings. The van der Waals surface area contributed by atoms with Crippen LogP contribution in [0.5, 0.6) is 0 Å². The average molecular weight is 593 g/mol. The van der Waals surface area contributed by atoms with Gasteiger partial charge in [0.15, 0.2) is 29.4 Å². The van der Waals surface area contributed by atoms with Crippen molar-refractivity contribution in [1.29, 1.82) is 0 Å². The first kappa shape index (κ1) is 31.0. The van der Waals surface area contributed by atoms with Crippen LogP contribution in [-0.2, 0) is 42.9 Å². The van der Waals surface area contributed by atoms with Gasteiger partial charge >= 0.3 is 11.9 Å². The van der Waals surface area contributed by atoms with Crippen molar-refractivity contribution in [3.8, 4) is 0 Å². The van der Waals surface area contributed by atoms with E-state index in [0.717, 1.165) is 0 Å². The monoisotopic (exact) mass is 592 g/mol. The zero-order valence-electron chi connectivity index (χ0n) is 25.1. The van der Waals surface area contributed by atoms with Crippen molar-refractivity contribution < 1.29 is 52.4 Å². The van der Waals surface area contributed by atoms with Crippen LogP contribution in [0.4, 0.5) is 4.39 Å². The summed E-state index contributed by atoms with van der Waals surface area (Å²) in [6.07, 6.45) is 2.97. The molecular formula is C31H41FO10. The number of aliphatic hydroxyl groups excluding tert-OH is 1. The minimum atomic E-state index is -2.07. The first-order chi connectivity index (χ1) is 19.5. The van der Waals surface area contributed by atoms with E-state index in [4.69, 9.17) is 23.7 Å². The maximum Gasteiger partial charge on any atom is 0.332 e. The molecule has 1 saturated heterocycles. The summed E-state index contributed by atoms with van der Waals surface area (Å²) in [6.45, 7) is 8.66. The summed E-state index contributed by atoms with van der Waals surface area (Å²) in [5, 5.41) is 11.6. The Labute approximate surface area is 244 Å². The lowest BCUT2D eigenvalue weighted by atomic mass is 9.45. The highest BCUT2D eigenvalue weighted by Gasteiger charge is 2.80. The molecule has 0 aromatic heterocycles. The lowest BCUT2D eigenvalue weighted by Crippen LogP contribution is -2.69. The summed E-state index contributed by atoms with van der Waals surface area (Å²) >= 11 is 0. The molecule has 5 rings (SSSR count). The second-order valence-electron chi connectivity index (χ2n) is 13.5. The number of esters is 2. The van der Waals surface area contributed by atoms with Crippen LogP contribution < -0.4 is 0 Å². The number of ketones is 2. The van der Waals surface area contributed by atoms with Gasteiger partial charge in [0.1, 0.15) is 13.2 Å². The largest absolute Gasteiger partial charge is 0.461 e. The molecule has 10 nitrogen and oxygen atoms in total. The Hall–Kier alpha value is -2.47. The first-order valence-electron chi connectivity index (χ1n) is 14.6. The molecule has 0 aromatic rings. The van der Waals surface area contributed by atoms with E-state index in [-0.39, 0.29) is 24.7 Å². The highest BCUT2D eigenvalue weighted by molar-refractivity contribution is 5.94. The van der Waals surface area contributed by atoms with Crippen LogP contribution in [0.25, 0.3) is 0 Å². The molecule has 0 amide bonds. The van der Waals surface area contributed by atoms with E-state index in [0.29, 0.717) is 18.4 Å². The van der Waals surface area contributed by atoms with Gasteiger partial charge in [-0.15, -0.1) is 0 Å². The molecule has 232 valence electrons. The van der Waals surface area contributed by atoms with Crippen LogP contribution in [0.15, 0.2) is 23.8 Å². The maximum absolute atomic E-state index is 17.5. The standard InChI is InChI=1S/C31H41FO10/c1-17(2)40-26(37)16-38-15-25(36)39-14-23(35)31-24(41-27(3,4)42-31)12-21-20-8-7-18-11-19(33)9-10-28(18,5)30(20,32)22(34)13-29(21,31)6/h7,9-10,17,20-22,24,34H,8,11-16H2,1-6H3/t20?,21?,22-,24+,28?,29?,30-,31+/m0/s1. The van der Waals surface area contributed by atoms with Gasteiger partial charge in [-0.1, -0.05) is 24.6 Å². The summed E-state index contributed by atoms with van der Waals surface area (Å²) < 4.78 is 45.4. The second-order valence-corrected chi connectivity index (χ2v) is 13.5. The van der Waals surface area contributed by atoms with Gasteiger partial charge < -0.3 is 28.8 Å². The number of allylic oxidation sites excluding steroid dienone is 4. The van der Waals surface area contributed by atoms with Gasteiger partial charge in [-0.3, -0.25) is 9.59 Å². The molecule has 0 aromatic carbocycles. The number of aliphatic hydroxyl groups is 1. The second kappa shape index (κ2) is 10.3. The summed E-state index contributed by atoms with van der Waals surface area (Å²) in [5.74, 6) is -4.37. The topological polar surface area (TPSA) is 135 Å². The summed E-state index contributed by atoms with van der Waals surface area (Å²) in [7, 11) is 0. The summed E-state index contributed by atoms with van der Waals surface area (Å²) in [6, 6.07) is 0. The molecule has 8 atom stereocenters. The number of rotatable bonds is 8. The molecule has 0 radical (unpaired) electrons. The predicted octanol–water partition coefficient (Wildman–Crippen LogP) is 2.94. The molecular weight excluding hydrogens is 551 g/mol. The van der Waals surface area contributed by atoms with E-state index in [2.05, 4.69) is 0 Å². The van der Waals surface area contributed by atoms with Crippen LogP contribution >= 0.6 is 0 Å². The molecule has 0 bridgehead atoms. The van der Waals surface area contributed by atoms with Gasteiger partial charge in [0.2, 0.25) is 5.78 Å². The number of alkyl halides is 1. The van der Waals surface area contributed by atoms with Gasteiger partial charge in [0.05, 0.1) is 18.3 Å². The van der Waals surface area contributed by atoms with Crippen LogP contribution in [0, 0.1) is 22.7 Å². The molecule has 1 heterocycles. The van der Waals surface area contributed by atoms with Crippen molar-refractivity contribution in [3.63, 3.8) is 0 Å². The van der Waals surface area contributed by atoms with Gasteiger partial charge in [-0.25, -0.2) is 14.0 Å². The van der Waals surface area contributed by atoms with Gasteiger partial charge in [0.25, 0.3) is 0 Å². The SMILES string of the molecule is CC(C)OC(=O)COCC(=O)OCC(=O)[C@@]12OC(C)(C)O[C@@H]1CC1C3CC=C4CC(=O)C=CC4(C)[C@@]3(F)[C@@H](O)CC12C. The normalized spacial score (nSPS) is 41.4. The highest BCUT2D eigenvalue weighted by Crippen LogP contribution is 2.71. The number of carbonyl (C=O) groups is 4. The van der Waals surface area contributed by atoms with Crippen molar-refractivity contribution in [2.24, 2.45) is 22.7 Å². The van der Waals surface area contributed by atoms with Crippen molar-refractivity contribution in [1.82, 2.24) is 0 Å². The Bertz CT molecular complexity index is 1240. The van der Waals surface area contributed by atoms with Gasteiger partial charge in [-0.05, 0) is 65.9 Å². The maximum atomic E-state index is 17.5. The zero-order valence-corrected chi connectivity index (χ0v) is 25.1. The van der Waals surface area contributed by atoms with Gasteiger partial charge in [-0.2, -0.15) is 0 Å². The number of carbonyl (C=O) groups excluding carboxylic acids is 4. The molecule has 11 heteroatoms. The lowest BCUT2D eigenvalue weighted by molar-refractivity contribution is -0.243. The average Bonchev–Trinajstić information content (AvgIpc) is 3.29. The van der Waals surface area contributed by atoms with Crippen LogP contribution in [-0.4, -0.2) is 83.8 Å². The lowest BCUT2D eigenvalue weighted by Gasteiger charge is -2.62. The number of hydrogen-bond acceptors (Lipinski definition) is 10. The summed E-state index contributed by atoms with van der Waals surface area (Å²) in [5.41, 5.74) is -5.23. The molecule has 0 spiro atoms. The highest BCUT2D eigenvalue weighted by atomic mass is 19.1. The fraction of sp³-hybridized carbons (Fsp3) is 0.742. The summed E-state index contributed by atoms with van der Waals surface area (Å²) in [4.78, 5) is 50.2. The molecule has 4 aliphatic carbocycles. The van der Waals surface area contributed by atoms with E-state index >= 15 is 4.39 Å². The number of ether oxygens (including phenoxy) is 5. The molecule has 1 N–H and O–H groups in total. The third-order valence-corrected chi connectivity index (χ3v) is 10.2. The molecule has 4 unspecified atom stereocenters. The Morgan fingerprint density at radius 1 is 1.10 bits per heavy atom. The van der Waals surface area contributed by atoms with E-state index in [9.17, 15) is 24.3 Å². The number of hydrogen-bond donors (Lipinski definition) is 1. The molecule has 42 heavy (non-hydrogen) atoms. The number of halogens is 1. The minimum absolute atomic E-state index is 0.0912. The zero-order chi connectivity index (χ0) is 30.9. The van der Waals surface area contributed by atoms with Crippen LogP contribution in [0.1, 0.15) is 67.2 Å². The Morgan fingerprint density at radius 3 is 2.48 bits per heavy atom. The fourth-order valence-corrected chi connectivity index (χ4v) is 8.52. The van der Waals surface area contributed by atoms with Crippen LogP contribution in [0.2, 0.25) is 0 Å². The number of Topliss-reactive ketones (excluding diaryl/α,β-unsaturated/α-hetero) is 1.